The van der Waals surface area contributed by atoms with Crippen molar-refractivity contribution in [1.82, 2.24) is 4.90 Å². The lowest BCUT2D eigenvalue weighted by Crippen LogP contribution is -2.29. The van der Waals surface area contributed by atoms with Crippen molar-refractivity contribution in [1.29, 1.82) is 0 Å². The smallest absolute Gasteiger partial charge is 0.254 e. The molecule has 2 N–H and O–H groups in total. The van der Waals surface area contributed by atoms with Gasteiger partial charge in [-0.05, 0) is 49.9 Å². The summed E-state index contributed by atoms with van der Waals surface area (Å²) in [5, 5.41) is 0. The van der Waals surface area contributed by atoms with Crippen LogP contribution in [0.4, 0.5) is 5.69 Å². The first-order chi connectivity index (χ1) is 7.52. The second-order valence-corrected chi connectivity index (χ2v) is 4.60. The number of anilines is 1. The molecule has 0 bridgehead atoms. The van der Waals surface area contributed by atoms with Gasteiger partial charge in [0.25, 0.3) is 5.91 Å². The zero-order valence-electron chi connectivity index (χ0n) is 10.1. The van der Waals surface area contributed by atoms with E-state index in [1.54, 1.807) is 0 Å². The number of benzene rings is 1. The lowest BCUT2D eigenvalue weighted by molar-refractivity contribution is 0.0784. The van der Waals surface area contributed by atoms with Crippen molar-refractivity contribution in [2.24, 2.45) is 0 Å². The Labute approximate surface area is 96.2 Å². The first kappa shape index (κ1) is 11.0. The molecule has 0 saturated heterocycles. The summed E-state index contributed by atoms with van der Waals surface area (Å²) in [6, 6.07) is 4.10. The van der Waals surface area contributed by atoms with Gasteiger partial charge < -0.3 is 10.6 Å². The summed E-state index contributed by atoms with van der Waals surface area (Å²) in [7, 11) is 1.88. The van der Waals surface area contributed by atoms with E-state index in [1.807, 2.05) is 37.9 Å². The molecule has 1 amide bonds. The molecule has 0 spiro atoms. The first-order valence-electron chi connectivity index (χ1n) is 5.65. The average Bonchev–Trinajstić information content (AvgIpc) is 3.08. The summed E-state index contributed by atoms with van der Waals surface area (Å²) in [6.07, 6.45) is 2.27. The van der Waals surface area contributed by atoms with Crippen molar-refractivity contribution >= 4 is 11.6 Å². The highest BCUT2D eigenvalue weighted by atomic mass is 16.2. The average molecular weight is 218 g/mol. The fourth-order valence-electron chi connectivity index (χ4n) is 1.89. The van der Waals surface area contributed by atoms with Crippen LogP contribution in [0.25, 0.3) is 0 Å². The zero-order chi connectivity index (χ0) is 11.9. The Morgan fingerprint density at radius 1 is 1.31 bits per heavy atom. The van der Waals surface area contributed by atoms with Gasteiger partial charge in [-0.3, -0.25) is 4.79 Å². The van der Waals surface area contributed by atoms with Crippen molar-refractivity contribution in [2.45, 2.75) is 32.7 Å². The van der Waals surface area contributed by atoms with Gasteiger partial charge in [-0.15, -0.1) is 0 Å². The van der Waals surface area contributed by atoms with Crippen LogP contribution in [0.5, 0.6) is 0 Å². The number of nitrogen functional groups attached to an aromatic ring is 1. The zero-order valence-corrected chi connectivity index (χ0v) is 10.1. The molecule has 0 radical (unpaired) electrons. The van der Waals surface area contributed by atoms with E-state index < -0.39 is 0 Å². The maximum Gasteiger partial charge on any atom is 0.254 e. The maximum atomic E-state index is 12.2. The van der Waals surface area contributed by atoms with Gasteiger partial charge in [-0.1, -0.05) is 0 Å². The van der Waals surface area contributed by atoms with Gasteiger partial charge in [-0.2, -0.15) is 0 Å². The molecule has 1 aromatic carbocycles. The Morgan fingerprint density at radius 2 is 1.94 bits per heavy atom. The number of amides is 1. The summed E-state index contributed by atoms with van der Waals surface area (Å²) in [4.78, 5) is 14.0. The van der Waals surface area contributed by atoms with Gasteiger partial charge in [0.2, 0.25) is 0 Å². The van der Waals surface area contributed by atoms with Crippen LogP contribution < -0.4 is 5.73 Å². The molecular weight excluding hydrogens is 200 g/mol. The summed E-state index contributed by atoms with van der Waals surface area (Å²) in [5.74, 6) is 0.114. The highest BCUT2D eigenvalue weighted by Gasteiger charge is 2.30. The number of hydrogen-bond acceptors (Lipinski definition) is 2. The van der Waals surface area contributed by atoms with Crippen molar-refractivity contribution in [3.8, 4) is 0 Å². The van der Waals surface area contributed by atoms with Gasteiger partial charge in [0, 0.05) is 24.3 Å². The van der Waals surface area contributed by atoms with Gasteiger partial charge in [0.1, 0.15) is 0 Å². The van der Waals surface area contributed by atoms with Gasteiger partial charge in [-0.25, -0.2) is 0 Å². The Balaban J connectivity index is 2.33. The van der Waals surface area contributed by atoms with Gasteiger partial charge in [0.05, 0.1) is 0 Å². The van der Waals surface area contributed by atoms with E-state index >= 15 is 0 Å². The van der Waals surface area contributed by atoms with Crippen molar-refractivity contribution in [3.05, 3.63) is 28.8 Å². The Morgan fingerprint density at radius 3 is 2.50 bits per heavy atom. The number of carbonyl (C=O) groups excluding carboxylic acids is 1. The van der Waals surface area contributed by atoms with Crippen molar-refractivity contribution < 1.29 is 4.79 Å². The first-order valence-corrected chi connectivity index (χ1v) is 5.65. The topological polar surface area (TPSA) is 46.3 Å². The Hall–Kier alpha value is -1.51. The van der Waals surface area contributed by atoms with Crippen molar-refractivity contribution in [3.63, 3.8) is 0 Å². The third-order valence-corrected chi connectivity index (χ3v) is 3.47. The summed E-state index contributed by atoms with van der Waals surface area (Å²) >= 11 is 0. The second-order valence-electron chi connectivity index (χ2n) is 4.60. The molecule has 3 heteroatoms. The number of carbonyl (C=O) groups is 1. The molecule has 3 nitrogen and oxygen atoms in total. The standard InChI is InChI=1S/C13H18N2O/c1-8-9(2)12(14)7-6-11(8)13(16)15(3)10-4-5-10/h6-7,10H,4-5,14H2,1-3H3. The number of nitrogens with two attached hydrogens (primary N) is 1. The molecule has 0 atom stereocenters. The normalized spacial score (nSPS) is 14.9. The molecule has 0 unspecified atom stereocenters. The number of nitrogens with zero attached hydrogens (tertiary/aromatic N) is 1. The molecular formula is C13H18N2O. The van der Waals surface area contributed by atoms with E-state index in [9.17, 15) is 4.79 Å². The van der Waals surface area contributed by atoms with Crippen LogP contribution in [0.15, 0.2) is 12.1 Å². The molecule has 16 heavy (non-hydrogen) atoms. The SMILES string of the molecule is Cc1c(N)ccc(C(=O)N(C)C2CC2)c1C. The van der Waals surface area contributed by atoms with Gasteiger partial charge >= 0.3 is 0 Å². The Bertz CT molecular complexity index is 436. The predicted octanol–water partition coefficient (Wildman–Crippen LogP) is 2.12. The maximum absolute atomic E-state index is 12.2. The van der Waals surface area contributed by atoms with Crippen LogP contribution in [0, 0.1) is 13.8 Å². The third-order valence-electron chi connectivity index (χ3n) is 3.47. The summed E-state index contributed by atoms with van der Waals surface area (Å²) < 4.78 is 0. The lowest BCUT2D eigenvalue weighted by atomic mass is 10.0. The summed E-state index contributed by atoms with van der Waals surface area (Å²) in [5.41, 5.74) is 9.35. The van der Waals surface area contributed by atoms with Crippen LogP contribution in [-0.2, 0) is 0 Å². The quantitative estimate of drug-likeness (QED) is 0.773. The molecule has 0 heterocycles. The van der Waals surface area contributed by atoms with Crippen LogP contribution >= 0.6 is 0 Å². The molecule has 86 valence electrons. The monoisotopic (exact) mass is 218 g/mol. The van der Waals surface area contributed by atoms with E-state index in [4.69, 9.17) is 5.73 Å². The fourth-order valence-corrected chi connectivity index (χ4v) is 1.89. The predicted molar refractivity (Wildman–Crippen MR) is 65.4 cm³/mol. The largest absolute Gasteiger partial charge is 0.399 e. The van der Waals surface area contributed by atoms with E-state index in [1.165, 1.54) is 0 Å². The highest BCUT2D eigenvalue weighted by molar-refractivity contribution is 5.96. The number of rotatable bonds is 2. The minimum absolute atomic E-state index is 0.114. The van der Waals surface area contributed by atoms with E-state index in [0.717, 1.165) is 35.2 Å². The highest BCUT2D eigenvalue weighted by Crippen LogP contribution is 2.28. The van der Waals surface area contributed by atoms with Crippen LogP contribution in [0.3, 0.4) is 0 Å². The molecule has 2 rings (SSSR count). The summed E-state index contributed by atoms with van der Waals surface area (Å²) in [6.45, 7) is 3.91. The Kier molecular flexibility index (Phi) is 2.62. The molecule has 1 saturated carbocycles. The lowest BCUT2D eigenvalue weighted by Gasteiger charge is -2.18. The van der Waals surface area contributed by atoms with E-state index in [2.05, 4.69) is 0 Å². The minimum Gasteiger partial charge on any atom is -0.399 e. The molecule has 1 aliphatic carbocycles. The van der Waals surface area contributed by atoms with Gasteiger partial charge in [0.15, 0.2) is 0 Å². The molecule has 0 aromatic heterocycles. The third kappa shape index (κ3) is 1.77. The van der Waals surface area contributed by atoms with Crippen LogP contribution in [0.1, 0.15) is 34.3 Å². The second kappa shape index (κ2) is 3.81. The van der Waals surface area contributed by atoms with Crippen molar-refractivity contribution in [2.75, 3.05) is 12.8 Å². The van der Waals surface area contributed by atoms with Crippen LogP contribution in [-0.4, -0.2) is 23.9 Å². The molecule has 1 fully saturated rings. The molecule has 1 aromatic rings. The minimum atomic E-state index is 0.114. The molecule has 1 aliphatic rings. The number of hydrogen-bond donors (Lipinski definition) is 1. The van der Waals surface area contributed by atoms with Crippen LogP contribution in [0.2, 0.25) is 0 Å². The van der Waals surface area contributed by atoms with E-state index in [-0.39, 0.29) is 5.91 Å². The fraction of sp³-hybridized carbons (Fsp3) is 0.462. The van der Waals surface area contributed by atoms with E-state index in [0.29, 0.717) is 6.04 Å². The molecule has 0 aliphatic heterocycles.